The summed E-state index contributed by atoms with van der Waals surface area (Å²) in [6, 6.07) is 14.5. The van der Waals surface area contributed by atoms with E-state index in [1.54, 1.807) is 7.11 Å². The Labute approximate surface area is 202 Å². The Morgan fingerprint density at radius 1 is 1.09 bits per heavy atom. The minimum absolute atomic E-state index is 0.380. The van der Waals surface area contributed by atoms with E-state index in [0.29, 0.717) is 18.4 Å². The molecular formula is C28H33ClN2O2. The maximum atomic E-state index is 6.20. The number of allylic oxidation sites excluding steroid dienone is 2. The lowest BCUT2D eigenvalue weighted by Crippen LogP contribution is -2.32. The highest BCUT2D eigenvalue weighted by Crippen LogP contribution is 2.46. The van der Waals surface area contributed by atoms with Crippen molar-refractivity contribution in [3.8, 4) is 11.5 Å². The first-order valence-corrected chi connectivity index (χ1v) is 12.6. The van der Waals surface area contributed by atoms with Crippen LogP contribution in [0.3, 0.4) is 0 Å². The molecule has 0 aromatic heterocycles. The lowest BCUT2D eigenvalue weighted by Gasteiger charge is -2.31. The van der Waals surface area contributed by atoms with Crippen molar-refractivity contribution in [3.63, 3.8) is 0 Å². The number of benzene rings is 2. The van der Waals surface area contributed by atoms with Crippen molar-refractivity contribution in [2.75, 3.05) is 25.3 Å². The summed E-state index contributed by atoms with van der Waals surface area (Å²) in [4.78, 5) is 0. The molecule has 2 aromatic carbocycles. The van der Waals surface area contributed by atoms with Crippen LogP contribution in [0.4, 0.5) is 5.69 Å². The molecule has 2 aromatic rings. The monoisotopic (exact) mass is 464 g/mol. The first-order chi connectivity index (χ1) is 16.2. The zero-order valence-corrected chi connectivity index (χ0v) is 20.3. The van der Waals surface area contributed by atoms with Crippen molar-refractivity contribution in [2.45, 2.75) is 44.9 Å². The van der Waals surface area contributed by atoms with Crippen LogP contribution in [0.1, 0.15) is 50.5 Å². The molecule has 174 valence electrons. The predicted molar refractivity (Wildman–Crippen MR) is 135 cm³/mol. The van der Waals surface area contributed by atoms with E-state index in [-0.39, 0.29) is 0 Å². The largest absolute Gasteiger partial charge is 0.497 e. The standard InChI is InChI=1S/C28H33ClN2O2/c1-3-33-28-17-22(32-2)12-15-27(28)31-18-25-24(16-19-6-4-5-7-19)23(13-14-26(25)30-31)20-8-10-21(29)11-9-20/h8-15,17,19,23-24,30H,3-7,16,18H2,1-2H3. The van der Waals surface area contributed by atoms with Gasteiger partial charge < -0.3 is 9.47 Å². The van der Waals surface area contributed by atoms with Gasteiger partial charge in [0.15, 0.2) is 0 Å². The van der Waals surface area contributed by atoms with Gasteiger partial charge in [0, 0.05) is 17.0 Å². The Hall–Kier alpha value is -2.59. The van der Waals surface area contributed by atoms with Gasteiger partial charge in [-0.05, 0) is 66.7 Å². The normalized spacial score (nSPS) is 22.5. The van der Waals surface area contributed by atoms with Gasteiger partial charge >= 0.3 is 0 Å². The zero-order chi connectivity index (χ0) is 22.8. The van der Waals surface area contributed by atoms with Crippen molar-refractivity contribution < 1.29 is 9.47 Å². The lowest BCUT2D eigenvalue weighted by molar-refractivity contribution is 0.336. The minimum Gasteiger partial charge on any atom is -0.497 e. The van der Waals surface area contributed by atoms with Crippen LogP contribution in [-0.2, 0) is 0 Å². The number of rotatable bonds is 7. The van der Waals surface area contributed by atoms with Crippen LogP contribution < -0.4 is 19.9 Å². The van der Waals surface area contributed by atoms with Crippen LogP contribution in [0.15, 0.2) is 65.9 Å². The predicted octanol–water partition coefficient (Wildman–Crippen LogP) is 6.88. The fourth-order valence-corrected chi connectivity index (χ4v) is 5.83. The van der Waals surface area contributed by atoms with Crippen LogP contribution >= 0.6 is 11.6 Å². The highest BCUT2D eigenvalue weighted by atomic mass is 35.5. The molecule has 2 unspecified atom stereocenters. The van der Waals surface area contributed by atoms with Crippen LogP contribution in [0.5, 0.6) is 11.5 Å². The van der Waals surface area contributed by atoms with Crippen molar-refractivity contribution in [1.82, 2.24) is 5.43 Å². The third-order valence-corrected chi connectivity index (χ3v) is 7.61. The molecule has 1 aliphatic heterocycles. The van der Waals surface area contributed by atoms with E-state index in [0.717, 1.165) is 34.7 Å². The topological polar surface area (TPSA) is 33.7 Å². The molecule has 3 aliphatic rings. The maximum Gasteiger partial charge on any atom is 0.148 e. The van der Waals surface area contributed by atoms with Crippen LogP contribution in [-0.4, -0.2) is 20.3 Å². The Morgan fingerprint density at radius 3 is 2.61 bits per heavy atom. The number of ether oxygens (including phenoxy) is 2. The van der Waals surface area contributed by atoms with Crippen LogP contribution in [0.2, 0.25) is 5.02 Å². The molecule has 0 radical (unpaired) electrons. The van der Waals surface area contributed by atoms with E-state index in [1.807, 2.05) is 31.2 Å². The molecule has 1 N–H and O–H groups in total. The average molecular weight is 465 g/mol. The summed E-state index contributed by atoms with van der Waals surface area (Å²) >= 11 is 6.20. The van der Waals surface area contributed by atoms with Crippen molar-refractivity contribution in [1.29, 1.82) is 0 Å². The van der Waals surface area contributed by atoms with Gasteiger partial charge in [0.25, 0.3) is 0 Å². The van der Waals surface area contributed by atoms with Gasteiger partial charge in [0.2, 0.25) is 0 Å². The Bertz CT molecular complexity index is 1040. The molecule has 5 rings (SSSR count). The number of methoxy groups -OCH3 is 1. The number of nitrogens with one attached hydrogen (secondary N) is 1. The van der Waals surface area contributed by atoms with Gasteiger partial charge in [-0.3, -0.25) is 10.4 Å². The second-order valence-electron chi connectivity index (χ2n) is 9.33. The van der Waals surface area contributed by atoms with Crippen molar-refractivity contribution in [2.24, 2.45) is 11.8 Å². The first kappa shape index (κ1) is 22.2. The van der Waals surface area contributed by atoms with Crippen molar-refractivity contribution in [3.05, 3.63) is 76.5 Å². The van der Waals surface area contributed by atoms with Gasteiger partial charge in [-0.2, -0.15) is 0 Å². The summed E-state index contributed by atoms with van der Waals surface area (Å²) in [7, 11) is 1.69. The molecule has 1 fully saturated rings. The van der Waals surface area contributed by atoms with Gasteiger partial charge in [-0.1, -0.05) is 55.5 Å². The number of hydrogen-bond donors (Lipinski definition) is 1. The van der Waals surface area contributed by atoms with E-state index in [2.05, 4.69) is 40.8 Å². The molecule has 0 bridgehead atoms. The highest BCUT2D eigenvalue weighted by Gasteiger charge is 2.37. The lowest BCUT2D eigenvalue weighted by atomic mass is 9.73. The summed E-state index contributed by atoms with van der Waals surface area (Å²) in [6.45, 7) is 3.48. The maximum absolute atomic E-state index is 6.20. The van der Waals surface area contributed by atoms with E-state index in [4.69, 9.17) is 21.1 Å². The first-order valence-electron chi connectivity index (χ1n) is 12.2. The molecule has 0 spiro atoms. The van der Waals surface area contributed by atoms with E-state index in [9.17, 15) is 0 Å². The summed E-state index contributed by atoms with van der Waals surface area (Å²) in [5, 5.41) is 3.02. The Balaban J connectivity index is 1.44. The molecule has 2 aliphatic carbocycles. The molecule has 1 saturated carbocycles. The molecule has 33 heavy (non-hydrogen) atoms. The molecule has 2 atom stereocenters. The summed E-state index contributed by atoms with van der Waals surface area (Å²) in [5.74, 6) is 3.33. The quantitative estimate of drug-likeness (QED) is 0.484. The molecular weight excluding hydrogens is 432 g/mol. The Kier molecular flexibility index (Phi) is 6.55. The Morgan fingerprint density at radius 2 is 1.88 bits per heavy atom. The third-order valence-electron chi connectivity index (χ3n) is 7.36. The summed E-state index contributed by atoms with van der Waals surface area (Å²) < 4.78 is 11.4. The van der Waals surface area contributed by atoms with Crippen molar-refractivity contribution >= 4 is 17.3 Å². The summed E-state index contributed by atoms with van der Waals surface area (Å²) in [5.41, 5.74) is 8.80. The smallest absolute Gasteiger partial charge is 0.148 e. The van der Waals surface area contributed by atoms with Gasteiger partial charge in [0.05, 0.1) is 31.6 Å². The second-order valence-corrected chi connectivity index (χ2v) is 9.77. The third kappa shape index (κ3) is 4.59. The summed E-state index contributed by atoms with van der Waals surface area (Å²) in [6.07, 6.45) is 11.4. The SMILES string of the molecule is CCOc1cc(OC)ccc1N1CC2=C(C=CC(c3ccc(Cl)cc3)C2CC2CCCC2)N1. The van der Waals surface area contributed by atoms with E-state index >= 15 is 0 Å². The zero-order valence-electron chi connectivity index (χ0n) is 19.5. The number of nitrogens with zero attached hydrogens (tertiary/aromatic N) is 1. The molecule has 0 saturated heterocycles. The van der Waals surface area contributed by atoms with Gasteiger partial charge in [0.1, 0.15) is 11.5 Å². The molecule has 0 amide bonds. The minimum atomic E-state index is 0.380. The number of hydrogen-bond acceptors (Lipinski definition) is 4. The average Bonchev–Trinajstić information content (AvgIpc) is 3.50. The fourth-order valence-electron chi connectivity index (χ4n) is 5.71. The highest BCUT2D eigenvalue weighted by molar-refractivity contribution is 6.30. The van der Waals surface area contributed by atoms with E-state index in [1.165, 1.54) is 48.9 Å². The number of halogens is 1. The second kappa shape index (κ2) is 9.72. The van der Waals surface area contributed by atoms with E-state index < -0.39 is 0 Å². The molecule has 1 heterocycles. The van der Waals surface area contributed by atoms with Crippen LogP contribution in [0.25, 0.3) is 0 Å². The number of hydrazine groups is 1. The van der Waals surface area contributed by atoms with Gasteiger partial charge in [-0.25, -0.2) is 0 Å². The molecule has 4 nitrogen and oxygen atoms in total. The number of anilines is 1. The molecule has 5 heteroatoms. The van der Waals surface area contributed by atoms with Crippen LogP contribution in [0, 0.1) is 11.8 Å². The fraction of sp³-hybridized carbons (Fsp3) is 0.429. The van der Waals surface area contributed by atoms with Gasteiger partial charge in [-0.15, -0.1) is 0 Å².